The molecule has 1 amide bonds. The van der Waals surface area contributed by atoms with Crippen molar-refractivity contribution in [3.8, 4) is 11.5 Å². The van der Waals surface area contributed by atoms with Crippen molar-refractivity contribution in [2.24, 2.45) is 5.92 Å². The third-order valence-electron chi connectivity index (χ3n) is 2.99. The lowest BCUT2D eigenvalue weighted by atomic mass is 10.1. The number of aliphatic carboxylic acids is 1. The first-order chi connectivity index (χ1) is 9.97. The number of halogens is 1. The van der Waals surface area contributed by atoms with Crippen LogP contribution in [0.2, 0.25) is 0 Å². The summed E-state index contributed by atoms with van der Waals surface area (Å²) in [5.74, 6) is -0.160. The summed E-state index contributed by atoms with van der Waals surface area (Å²) < 4.78 is 11.6. The zero-order chi connectivity index (χ0) is 15.4. The molecule has 0 fully saturated rings. The molecule has 1 aliphatic rings. The van der Waals surface area contributed by atoms with Gasteiger partial charge in [-0.05, 0) is 34.0 Å². The van der Waals surface area contributed by atoms with Crippen molar-refractivity contribution in [3.05, 3.63) is 22.2 Å². The number of carbonyl (C=O) groups excluding carboxylic acids is 1. The molecular formula is C14H16BrNO5. The molecule has 2 N–H and O–H groups in total. The number of nitrogens with one attached hydrogen (secondary N) is 1. The van der Waals surface area contributed by atoms with Crippen LogP contribution in [0.1, 0.15) is 23.7 Å². The predicted molar refractivity (Wildman–Crippen MR) is 78.9 cm³/mol. The minimum atomic E-state index is -0.876. The van der Waals surface area contributed by atoms with E-state index in [1.54, 1.807) is 19.1 Å². The van der Waals surface area contributed by atoms with Crippen LogP contribution in [0.5, 0.6) is 11.5 Å². The highest BCUT2D eigenvalue weighted by Gasteiger charge is 2.19. The maximum Gasteiger partial charge on any atom is 0.303 e. The fourth-order valence-electron chi connectivity index (χ4n) is 1.98. The van der Waals surface area contributed by atoms with E-state index in [1.807, 2.05) is 0 Å². The Hall–Kier alpha value is -1.76. The Kier molecular flexibility index (Phi) is 5.06. The minimum absolute atomic E-state index is 0.0190. The molecule has 1 aromatic carbocycles. The number of carbonyl (C=O) groups is 2. The van der Waals surface area contributed by atoms with E-state index in [4.69, 9.17) is 14.6 Å². The smallest absolute Gasteiger partial charge is 0.303 e. The number of rotatable bonds is 5. The first-order valence-electron chi connectivity index (χ1n) is 6.56. The Morgan fingerprint density at radius 3 is 2.81 bits per heavy atom. The molecule has 0 spiro atoms. The lowest BCUT2D eigenvalue weighted by Gasteiger charge is -2.20. The average molecular weight is 358 g/mol. The highest BCUT2D eigenvalue weighted by molar-refractivity contribution is 9.10. The van der Waals surface area contributed by atoms with Gasteiger partial charge in [-0.15, -0.1) is 0 Å². The molecule has 0 radical (unpaired) electrons. The normalized spacial score (nSPS) is 14.4. The van der Waals surface area contributed by atoms with E-state index in [1.165, 1.54) is 0 Å². The van der Waals surface area contributed by atoms with E-state index >= 15 is 0 Å². The molecule has 6 nitrogen and oxygen atoms in total. The van der Waals surface area contributed by atoms with Crippen LogP contribution in [0, 0.1) is 5.92 Å². The summed E-state index contributed by atoms with van der Waals surface area (Å²) in [6.45, 7) is 3.00. The van der Waals surface area contributed by atoms with Crippen LogP contribution in [0.15, 0.2) is 16.6 Å². The van der Waals surface area contributed by atoms with Crippen molar-refractivity contribution in [1.29, 1.82) is 0 Å². The molecule has 7 heteroatoms. The van der Waals surface area contributed by atoms with Crippen molar-refractivity contribution < 1.29 is 24.2 Å². The molecule has 0 aliphatic carbocycles. The molecule has 0 saturated carbocycles. The Morgan fingerprint density at radius 2 is 2.10 bits per heavy atom. The van der Waals surface area contributed by atoms with Crippen LogP contribution in [0.3, 0.4) is 0 Å². The SMILES string of the molecule is CC(CNC(=O)c1cc(Br)c2c(c1)OCCO2)CC(=O)O. The fraction of sp³-hybridized carbons (Fsp3) is 0.429. The summed E-state index contributed by atoms with van der Waals surface area (Å²) in [4.78, 5) is 22.7. The van der Waals surface area contributed by atoms with Crippen LogP contribution in [0.25, 0.3) is 0 Å². The highest BCUT2D eigenvalue weighted by atomic mass is 79.9. The number of fused-ring (bicyclic) bond motifs is 1. The molecule has 1 aromatic rings. The molecule has 2 rings (SSSR count). The van der Waals surface area contributed by atoms with Gasteiger partial charge in [0, 0.05) is 18.5 Å². The zero-order valence-electron chi connectivity index (χ0n) is 11.5. The van der Waals surface area contributed by atoms with Crippen molar-refractivity contribution in [1.82, 2.24) is 5.32 Å². The van der Waals surface area contributed by atoms with E-state index in [0.29, 0.717) is 41.3 Å². The van der Waals surface area contributed by atoms with Gasteiger partial charge in [0.05, 0.1) is 4.47 Å². The number of hydrogen-bond acceptors (Lipinski definition) is 4. The van der Waals surface area contributed by atoms with E-state index in [9.17, 15) is 9.59 Å². The van der Waals surface area contributed by atoms with E-state index in [0.717, 1.165) is 0 Å². The van der Waals surface area contributed by atoms with E-state index in [2.05, 4.69) is 21.2 Å². The first kappa shape index (κ1) is 15.6. The maximum absolute atomic E-state index is 12.1. The number of benzene rings is 1. The quantitative estimate of drug-likeness (QED) is 0.842. The monoisotopic (exact) mass is 357 g/mol. The molecule has 21 heavy (non-hydrogen) atoms. The minimum Gasteiger partial charge on any atom is -0.486 e. The zero-order valence-corrected chi connectivity index (χ0v) is 13.1. The fourth-order valence-corrected chi connectivity index (χ4v) is 2.54. The van der Waals surface area contributed by atoms with Crippen LogP contribution in [-0.2, 0) is 4.79 Å². The number of carboxylic acid groups (broad SMARTS) is 1. The topological polar surface area (TPSA) is 84.9 Å². The van der Waals surface area contributed by atoms with E-state index < -0.39 is 5.97 Å². The highest BCUT2D eigenvalue weighted by Crippen LogP contribution is 2.38. The van der Waals surface area contributed by atoms with Gasteiger partial charge >= 0.3 is 5.97 Å². The van der Waals surface area contributed by atoms with Crippen molar-refractivity contribution in [2.75, 3.05) is 19.8 Å². The summed E-state index contributed by atoms with van der Waals surface area (Å²) in [5.41, 5.74) is 0.439. The first-order valence-corrected chi connectivity index (χ1v) is 7.36. The molecule has 1 heterocycles. The number of hydrogen-bond donors (Lipinski definition) is 2. The molecule has 0 aromatic heterocycles. The summed E-state index contributed by atoms with van der Waals surface area (Å²) in [7, 11) is 0. The maximum atomic E-state index is 12.1. The lowest BCUT2D eigenvalue weighted by molar-refractivity contribution is -0.137. The third-order valence-corrected chi connectivity index (χ3v) is 3.58. The molecule has 114 valence electrons. The van der Waals surface area contributed by atoms with E-state index in [-0.39, 0.29) is 18.2 Å². The second kappa shape index (κ2) is 6.80. The van der Waals surface area contributed by atoms with Crippen molar-refractivity contribution >= 4 is 27.8 Å². The number of ether oxygens (including phenoxy) is 2. The van der Waals surface area contributed by atoms with Crippen LogP contribution < -0.4 is 14.8 Å². The predicted octanol–water partition coefficient (Wildman–Crippen LogP) is 2.06. The van der Waals surface area contributed by atoms with Gasteiger partial charge in [-0.1, -0.05) is 6.92 Å². The van der Waals surface area contributed by atoms with Gasteiger partial charge in [0.15, 0.2) is 11.5 Å². The summed E-state index contributed by atoms with van der Waals surface area (Å²) in [6, 6.07) is 3.28. The molecule has 0 bridgehead atoms. The molecule has 1 unspecified atom stereocenters. The van der Waals surface area contributed by atoms with Crippen molar-refractivity contribution in [3.63, 3.8) is 0 Å². The van der Waals surface area contributed by atoms with Gasteiger partial charge in [-0.3, -0.25) is 9.59 Å². The molecule has 0 saturated heterocycles. The van der Waals surface area contributed by atoms with Crippen LogP contribution in [-0.4, -0.2) is 36.7 Å². The largest absolute Gasteiger partial charge is 0.486 e. The molecular weight excluding hydrogens is 342 g/mol. The van der Waals surface area contributed by atoms with Crippen LogP contribution in [0.4, 0.5) is 0 Å². The Bertz CT molecular complexity index is 561. The third kappa shape index (κ3) is 4.10. The Labute approximate surface area is 130 Å². The van der Waals surface area contributed by atoms with Gasteiger partial charge < -0.3 is 19.9 Å². The van der Waals surface area contributed by atoms with Gasteiger partial charge in [0.1, 0.15) is 13.2 Å². The molecule has 1 atom stereocenters. The summed E-state index contributed by atoms with van der Waals surface area (Å²) in [6.07, 6.45) is 0.0190. The summed E-state index contributed by atoms with van der Waals surface area (Å²) in [5, 5.41) is 11.4. The second-order valence-electron chi connectivity index (χ2n) is 4.90. The Morgan fingerprint density at radius 1 is 1.38 bits per heavy atom. The number of amides is 1. The van der Waals surface area contributed by atoms with Gasteiger partial charge in [0.2, 0.25) is 0 Å². The Balaban J connectivity index is 2.03. The van der Waals surface area contributed by atoms with Crippen LogP contribution >= 0.6 is 15.9 Å². The lowest BCUT2D eigenvalue weighted by Crippen LogP contribution is -2.29. The second-order valence-corrected chi connectivity index (χ2v) is 5.75. The number of carboxylic acids is 1. The van der Waals surface area contributed by atoms with Gasteiger partial charge in [0.25, 0.3) is 5.91 Å². The van der Waals surface area contributed by atoms with Gasteiger partial charge in [-0.25, -0.2) is 0 Å². The average Bonchev–Trinajstić information content (AvgIpc) is 2.44. The standard InChI is InChI=1S/C14H16BrNO5/c1-8(4-12(17)18)7-16-14(19)9-5-10(15)13-11(6-9)20-2-3-21-13/h5-6,8H,2-4,7H2,1H3,(H,16,19)(H,17,18). The van der Waals surface area contributed by atoms with Crippen molar-refractivity contribution in [2.45, 2.75) is 13.3 Å². The van der Waals surface area contributed by atoms with Gasteiger partial charge in [-0.2, -0.15) is 0 Å². The summed E-state index contributed by atoms with van der Waals surface area (Å²) >= 11 is 3.35. The molecule has 1 aliphatic heterocycles.